The number of nitrogens with two attached hydrogens (primary N) is 1. The maximum Gasteiger partial charge on any atom is 0.210 e. The van der Waals surface area contributed by atoms with Gasteiger partial charge in [0.1, 0.15) is 0 Å². The molecule has 1 fully saturated rings. The summed E-state index contributed by atoms with van der Waals surface area (Å²) in [7, 11) is -1.72. The van der Waals surface area contributed by atoms with Crippen LogP contribution in [0.25, 0.3) is 0 Å². The summed E-state index contributed by atoms with van der Waals surface area (Å²) in [5.41, 5.74) is 0.221. The van der Waals surface area contributed by atoms with E-state index in [2.05, 4.69) is 15.6 Å². The predicted octanol–water partition coefficient (Wildman–Crippen LogP) is 0.427. The van der Waals surface area contributed by atoms with Gasteiger partial charge in [-0.2, -0.15) is 0 Å². The highest BCUT2D eigenvalue weighted by molar-refractivity contribution is 7.89. The van der Waals surface area contributed by atoms with E-state index in [1.807, 2.05) is 6.92 Å². The highest BCUT2D eigenvalue weighted by Crippen LogP contribution is 2.41. The van der Waals surface area contributed by atoms with Gasteiger partial charge in [0.25, 0.3) is 0 Å². The number of hydrogen-bond acceptors (Lipinski definition) is 4. The zero-order valence-electron chi connectivity index (χ0n) is 13.7. The van der Waals surface area contributed by atoms with Crippen molar-refractivity contribution >= 4 is 16.0 Å². The van der Waals surface area contributed by atoms with E-state index in [4.69, 9.17) is 9.88 Å². The second kappa shape index (κ2) is 9.32. The Balaban J connectivity index is 2.58. The molecule has 0 aromatic heterocycles. The maximum atomic E-state index is 11.0. The van der Waals surface area contributed by atoms with Gasteiger partial charge in [0.05, 0.1) is 5.75 Å². The van der Waals surface area contributed by atoms with Gasteiger partial charge in [-0.05, 0) is 31.6 Å². The molecule has 130 valence electrons. The quantitative estimate of drug-likeness (QED) is 0.419. The zero-order chi connectivity index (χ0) is 16.5. The molecule has 0 spiro atoms. The van der Waals surface area contributed by atoms with Crippen LogP contribution in [0.5, 0.6) is 0 Å². The van der Waals surface area contributed by atoms with Crippen LogP contribution in [-0.2, 0) is 14.8 Å². The molecule has 0 aliphatic heterocycles. The largest absolute Gasteiger partial charge is 0.385 e. The minimum atomic E-state index is -3.45. The molecule has 0 saturated heterocycles. The van der Waals surface area contributed by atoms with E-state index >= 15 is 0 Å². The molecule has 1 aliphatic rings. The second-order valence-electron chi connectivity index (χ2n) is 5.94. The maximum absolute atomic E-state index is 11.0. The number of sulfonamides is 1. The first kappa shape index (κ1) is 19.2. The lowest BCUT2D eigenvalue weighted by Crippen LogP contribution is -2.41. The zero-order valence-corrected chi connectivity index (χ0v) is 14.5. The summed E-state index contributed by atoms with van der Waals surface area (Å²) in [6.45, 7) is 4.46. The first-order valence-electron chi connectivity index (χ1n) is 7.92. The summed E-state index contributed by atoms with van der Waals surface area (Å²) >= 11 is 0. The minimum absolute atomic E-state index is 0.105. The Kier molecular flexibility index (Phi) is 8.13. The van der Waals surface area contributed by atoms with Crippen LogP contribution >= 0.6 is 0 Å². The number of methoxy groups -OCH3 is 1. The number of ether oxygens (including phenoxy) is 1. The molecular formula is C14H30N4O3S. The van der Waals surface area contributed by atoms with Gasteiger partial charge in [0, 0.05) is 33.4 Å². The number of aliphatic imine (C=N–C) groups is 1. The molecule has 0 bridgehead atoms. The number of guanidine groups is 1. The predicted molar refractivity (Wildman–Crippen MR) is 89.3 cm³/mol. The molecule has 1 saturated carbocycles. The van der Waals surface area contributed by atoms with E-state index in [-0.39, 0.29) is 17.7 Å². The van der Waals surface area contributed by atoms with E-state index in [0.29, 0.717) is 5.96 Å². The fourth-order valence-corrected chi connectivity index (χ4v) is 3.22. The van der Waals surface area contributed by atoms with E-state index in [1.54, 1.807) is 7.11 Å². The summed E-state index contributed by atoms with van der Waals surface area (Å²) in [6, 6.07) is 0. The van der Waals surface area contributed by atoms with Gasteiger partial charge < -0.3 is 15.4 Å². The molecular weight excluding hydrogens is 304 g/mol. The molecule has 7 nitrogen and oxygen atoms in total. The van der Waals surface area contributed by atoms with Gasteiger partial charge in [-0.15, -0.1) is 0 Å². The summed E-state index contributed by atoms with van der Waals surface area (Å²) in [5.74, 6) is 0.543. The Morgan fingerprint density at radius 2 is 2.00 bits per heavy atom. The Bertz CT molecular complexity index is 445. The summed E-state index contributed by atoms with van der Waals surface area (Å²) in [6.07, 6.45) is 5.86. The van der Waals surface area contributed by atoms with Crippen LogP contribution in [0.2, 0.25) is 0 Å². The molecule has 1 aliphatic carbocycles. The third-order valence-electron chi connectivity index (χ3n) is 4.10. The van der Waals surface area contributed by atoms with Crippen LogP contribution in [0.15, 0.2) is 4.99 Å². The minimum Gasteiger partial charge on any atom is -0.385 e. The highest BCUT2D eigenvalue weighted by Gasteiger charge is 2.33. The van der Waals surface area contributed by atoms with Crippen LogP contribution in [0, 0.1) is 5.41 Å². The smallest absolute Gasteiger partial charge is 0.210 e. The molecule has 0 radical (unpaired) electrons. The first-order valence-corrected chi connectivity index (χ1v) is 9.64. The van der Waals surface area contributed by atoms with Crippen LogP contribution in [-0.4, -0.2) is 53.5 Å². The SMILES string of the molecule is CCNC(=NCC1(CCOC)CCCC1)NCCS(N)(=O)=O. The van der Waals surface area contributed by atoms with Gasteiger partial charge in [0.15, 0.2) is 5.96 Å². The summed E-state index contributed by atoms with van der Waals surface area (Å²) < 4.78 is 27.2. The first-order chi connectivity index (χ1) is 10.4. The number of nitrogens with zero attached hydrogens (tertiary/aromatic N) is 1. The van der Waals surface area contributed by atoms with E-state index in [0.717, 1.165) is 26.1 Å². The monoisotopic (exact) mass is 334 g/mol. The standard InChI is InChI=1S/C14H30N4O3S/c1-3-16-13(17-9-11-22(15,19)20)18-12-14(8-10-21-2)6-4-5-7-14/h3-12H2,1-2H3,(H2,15,19,20)(H2,16,17,18). The number of primary sulfonamides is 1. The normalized spacial score (nSPS) is 18.4. The average Bonchev–Trinajstić information content (AvgIpc) is 2.91. The Labute approximate surface area is 134 Å². The van der Waals surface area contributed by atoms with Crippen molar-refractivity contribution in [1.29, 1.82) is 0 Å². The van der Waals surface area contributed by atoms with Crippen molar-refractivity contribution in [1.82, 2.24) is 10.6 Å². The van der Waals surface area contributed by atoms with Crippen molar-refractivity contribution in [2.24, 2.45) is 15.5 Å². The third kappa shape index (κ3) is 7.42. The lowest BCUT2D eigenvalue weighted by molar-refractivity contribution is 0.141. The lowest BCUT2D eigenvalue weighted by Gasteiger charge is -2.27. The fourth-order valence-electron chi connectivity index (χ4n) is 2.83. The van der Waals surface area contributed by atoms with Crippen molar-refractivity contribution in [2.45, 2.75) is 39.0 Å². The van der Waals surface area contributed by atoms with E-state index in [9.17, 15) is 8.42 Å². The van der Waals surface area contributed by atoms with Gasteiger partial charge in [-0.3, -0.25) is 4.99 Å². The fraction of sp³-hybridized carbons (Fsp3) is 0.929. The molecule has 0 amide bonds. The highest BCUT2D eigenvalue weighted by atomic mass is 32.2. The second-order valence-corrected chi connectivity index (χ2v) is 7.67. The van der Waals surface area contributed by atoms with Gasteiger partial charge in [-0.25, -0.2) is 13.6 Å². The van der Waals surface area contributed by atoms with Crippen molar-refractivity contribution in [3.05, 3.63) is 0 Å². The topological polar surface area (TPSA) is 106 Å². The van der Waals surface area contributed by atoms with Crippen LogP contribution in [0.4, 0.5) is 0 Å². The number of hydrogen-bond donors (Lipinski definition) is 3. The van der Waals surface area contributed by atoms with Gasteiger partial charge in [0.2, 0.25) is 10.0 Å². The molecule has 0 aromatic carbocycles. The summed E-state index contributed by atoms with van der Waals surface area (Å²) in [5, 5.41) is 11.2. The molecule has 0 heterocycles. The number of rotatable bonds is 9. The van der Waals surface area contributed by atoms with E-state index < -0.39 is 10.0 Å². The molecule has 22 heavy (non-hydrogen) atoms. The Morgan fingerprint density at radius 3 is 2.55 bits per heavy atom. The Morgan fingerprint density at radius 1 is 1.32 bits per heavy atom. The summed E-state index contributed by atoms with van der Waals surface area (Å²) in [4.78, 5) is 4.64. The van der Waals surface area contributed by atoms with Crippen molar-refractivity contribution < 1.29 is 13.2 Å². The molecule has 8 heteroatoms. The number of nitrogens with one attached hydrogen (secondary N) is 2. The van der Waals surface area contributed by atoms with Crippen molar-refractivity contribution in [2.75, 3.05) is 39.1 Å². The molecule has 0 aromatic rings. The third-order valence-corrected chi connectivity index (χ3v) is 4.87. The van der Waals surface area contributed by atoms with Gasteiger partial charge >= 0.3 is 0 Å². The van der Waals surface area contributed by atoms with Crippen molar-refractivity contribution in [3.63, 3.8) is 0 Å². The van der Waals surface area contributed by atoms with Crippen LogP contribution < -0.4 is 15.8 Å². The molecule has 1 rings (SSSR count). The average molecular weight is 334 g/mol. The molecule has 4 N–H and O–H groups in total. The molecule has 0 unspecified atom stereocenters. The van der Waals surface area contributed by atoms with Crippen LogP contribution in [0.3, 0.4) is 0 Å². The Hall–Kier alpha value is -0.860. The van der Waals surface area contributed by atoms with Crippen molar-refractivity contribution in [3.8, 4) is 0 Å². The van der Waals surface area contributed by atoms with Crippen LogP contribution in [0.1, 0.15) is 39.0 Å². The molecule has 0 atom stereocenters. The van der Waals surface area contributed by atoms with Gasteiger partial charge in [-0.1, -0.05) is 12.8 Å². The van der Waals surface area contributed by atoms with E-state index in [1.165, 1.54) is 25.7 Å². The lowest BCUT2D eigenvalue weighted by atomic mass is 9.83.